The van der Waals surface area contributed by atoms with E-state index in [4.69, 9.17) is 5.73 Å². The maximum Gasteiger partial charge on any atom is 0.316 e. The number of urea groups is 1. The van der Waals surface area contributed by atoms with E-state index in [0.29, 0.717) is 11.4 Å². The molecule has 0 aliphatic carbocycles. The minimum Gasteiger partial charge on any atom is -0.351 e. The standard InChI is InChI=1S/C12H16N4O2/c13-12(18)16-9-4-1-3-8(7-9)15-11(17)10-5-2-6-14-10/h1,3-4,7,10,14H,2,5-6H2,(H,15,17)(H3,13,16,18)/t10-/m0/s1. The quantitative estimate of drug-likeness (QED) is 0.639. The fraction of sp³-hybridized carbons (Fsp3) is 0.333. The van der Waals surface area contributed by atoms with Gasteiger partial charge in [-0.1, -0.05) is 6.07 Å². The van der Waals surface area contributed by atoms with Gasteiger partial charge in [-0.2, -0.15) is 0 Å². The number of carbonyl (C=O) groups is 2. The van der Waals surface area contributed by atoms with Crippen LogP contribution in [0.4, 0.5) is 16.2 Å². The second-order valence-corrected chi connectivity index (χ2v) is 4.21. The van der Waals surface area contributed by atoms with Crippen molar-refractivity contribution in [2.24, 2.45) is 5.73 Å². The Morgan fingerprint density at radius 3 is 2.61 bits per heavy atom. The van der Waals surface area contributed by atoms with Crippen LogP contribution in [0, 0.1) is 0 Å². The largest absolute Gasteiger partial charge is 0.351 e. The van der Waals surface area contributed by atoms with Gasteiger partial charge in [-0.3, -0.25) is 4.79 Å². The summed E-state index contributed by atoms with van der Waals surface area (Å²) < 4.78 is 0. The van der Waals surface area contributed by atoms with E-state index in [2.05, 4.69) is 16.0 Å². The number of benzene rings is 1. The van der Waals surface area contributed by atoms with E-state index < -0.39 is 6.03 Å². The van der Waals surface area contributed by atoms with Gasteiger partial charge in [-0.15, -0.1) is 0 Å². The van der Waals surface area contributed by atoms with Crippen LogP contribution in [-0.4, -0.2) is 24.5 Å². The first kappa shape index (κ1) is 12.4. The lowest BCUT2D eigenvalue weighted by molar-refractivity contribution is -0.117. The minimum absolute atomic E-state index is 0.0521. The molecule has 96 valence electrons. The number of hydrogen-bond acceptors (Lipinski definition) is 3. The van der Waals surface area contributed by atoms with Gasteiger partial charge in [0.1, 0.15) is 0 Å². The first-order chi connectivity index (χ1) is 8.65. The van der Waals surface area contributed by atoms with E-state index in [1.54, 1.807) is 24.3 Å². The SMILES string of the molecule is NC(=O)Nc1cccc(NC(=O)[C@@H]2CCCN2)c1. The molecule has 1 saturated heterocycles. The number of nitrogens with two attached hydrogens (primary N) is 1. The molecule has 18 heavy (non-hydrogen) atoms. The third-order valence-electron chi connectivity index (χ3n) is 2.77. The van der Waals surface area contributed by atoms with Crippen LogP contribution in [0.1, 0.15) is 12.8 Å². The van der Waals surface area contributed by atoms with Crippen LogP contribution >= 0.6 is 0 Å². The molecule has 1 heterocycles. The highest BCUT2D eigenvalue weighted by Crippen LogP contribution is 2.16. The van der Waals surface area contributed by atoms with E-state index in [1.807, 2.05) is 0 Å². The van der Waals surface area contributed by atoms with Crippen molar-refractivity contribution in [3.63, 3.8) is 0 Å². The van der Waals surface area contributed by atoms with Gasteiger partial charge in [0.25, 0.3) is 0 Å². The lowest BCUT2D eigenvalue weighted by atomic mass is 10.2. The normalized spacial score (nSPS) is 18.3. The molecule has 1 fully saturated rings. The molecule has 1 aromatic rings. The van der Waals surface area contributed by atoms with Crippen LogP contribution in [0.15, 0.2) is 24.3 Å². The number of amides is 3. The van der Waals surface area contributed by atoms with Crippen molar-refractivity contribution in [3.8, 4) is 0 Å². The number of carbonyl (C=O) groups excluding carboxylic acids is 2. The van der Waals surface area contributed by atoms with Gasteiger partial charge in [-0.25, -0.2) is 4.79 Å². The molecule has 0 bridgehead atoms. The van der Waals surface area contributed by atoms with E-state index in [1.165, 1.54) is 0 Å². The second kappa shape index (κ2) is 5.50. The highest BCUT2D eigenvalue weighted by atomic mass is 16.2. The molecule has 0 unspecified atom stereocenters. The Hall–Kier alpha value is -2.08. The van der Waals surface area contributed by atoms with Gasteiger partial charge in [0, 0.05) is 11.4 Å². The Kier molecular flexibility index (Phi) is 3.78. The van der Waals surface area contributed by atoms with Gasteiger partial charge in [0.15, 0.2) is 0 Å². The second-order valence-electron chi connectivity index (χ2n) is 4.21. The van der Waals surface area contributed by atoms with Crippen molar-refractivity contribution >= 4 is 23.3 Å². The molecule has 3 amide bonds. The summed E-state index contributed by atoms with van der Waals surface area (Å²) >= 11 is 0. The Balaban J connectivity index is 2.00. The zero-order valence-electron chi connectivity index (χ0n) is 9.90. The third kappa shape index (κ3) is 3.21. The topological polar surface area (TPSA) is 96.2 Å². The summed E-state index contributed by atoms with van der Waals surface area (Å²) in [5.41, 5.74) is 6.22. The van der Waals surface area contributed by atoms with Gasteiger partial charge in [-0.05, 0) is 37.6 Å². The molecule has 1 atom stereocenters. The highest BCUT2D eigenvalue weighted by molar-refractivity contribution is 5.96. The Bertz CT molecular complexity index is 455. The van der Waals surface area contributed by atoms with Crippen molar-refractivity contribution in [1.82, 2.24) is 5.32 Å². The first-order valence-corrected chi connectivity index (χ1v) is 5.86. The van der Waals surface area contributed by atoms with Crippen LogP contribution in [0.5, 0.6) is 0 Å². The Labute approximate surface area is 105 Å². The highest BCUT2D eigenvalue weighted by Gasteiger charge is 2.21. The fourth-order valence-electron chi connectivity index (χ4n) is 1.95. The van der Waals surface area contributed by atoms with E-state index in [9.17, 15) is 9.59 Å². The summed E-state index contributed by atoms with van der Waals surface area (Å²) in [6.07, 6.45) is 1.87. The Morgan fingerprint density at radius 1 is 1.28 bits per heavy atom. The number of primary amides is 1. The van der Waals surface area contributed by atoms with Crippen molar-refractivity contribution < 1.29 is 9.59 Å². The molecule has 0 aromatic heterocycles. The molecule has 0 saturated carbocycles. The monoisotopic (exact) mass is 248 g/mol. The first-order valence-electron chi connectivity index (χ1n) is 5.86. The molecule has 6 nitrogen and oxygen atoms in total. The molecular formula is C12H16N4O2. The van der Waals surface area contributed by atoms with Crippen LogP contribution in [0.2, 0.25) is 0 Å². The lowest BCUT2D eigenvalue weighted by Crippen LogP contribution is -2.35. The Morgan fingerprint density at radius 2 is 2.00 bits per heavy atom. The van der Waals surface area contributed by atoms with Gasteiger partial charge < -0.3 is 21.7 Å². The van der Waals surface area contributed by atoms with Crippen molar-refractivity contribution in [1.29, 1.82) is 0 Å². The van der Waals surface area contributed by atoms with Crippen molar-refractivity contribution in [2.45, 2.75) is 18.9 Å². The predicted octanol–water partition coefficient (Wildman–Crippen LogP) is 0.868. The van der Waals surface area contributed by atoms with Gasteiger partial charge >= 0.3 is 6.03 Å². The zero-order valence-corrected chi connectivity index (χ0v) is 9.90. The molecule has 0 radical (unpaired) electrons. The fourth-order valence-corrected chi connectivity index (χ4v) is 1.95. The molecule has 1 aliphatic heterocycles. The molecule has 2 rings (SSSR count). The molecular weight excluding hydrogens is 232 g/mol. The van der Waals surface area contributed by atoms with Crippen molar-refractivity contribution in [2.75, 3.05) is 17.2 Å². The molecule has 0 spiro atoms. The van der Waals surface area contributed by atoms with Gasteiger partial charge in [0.05, 0.1) is 6.04 Å². The summed E-state index contributed by atoms with van der Waals surface area (Å²) in [6.45, 7) is 0.876. The van der Waals surface area contributed by atoms with E-state index in [0.717, 1.165) is 19.4 Å². The van der Waals surface area contributed by atoms with Crippen LogP contribution < -0.4 is 21.7 Å². The zero-order chi connectivity index (χ0) is 13.0. The smallest absolute Gasteiger partial charge is 0.316 e. The molecule has 1 aliphatic rings. The summed E-state index contributed by atoms with van der Waals surface area (Å²) in [6, 6.07) is 6.11. The predicted molar refractivity (Wildman–Crippen MR) is 69.3 cm³/mol. The van der Waals surface area contributed by atoms with Gasteiger partial charge in [0.2, 0.25) is 5.91 Å². The third-order valence-corrected chi connectivity index (χ3v) is 2.77. The molecule has 1 aromatic carbocycles. The van der Waals surface area contributed by atoms with Crippen LogP contribution in [-0.2, 0) is 4.79 Å². The summed E-state index contributed by atoms with van der Waals surface area (Å²) in [7, 11) is 0. The lowest BCUT2D eigenvalue weighted by Gasteiger charge is -2.12. The molecule has 5 N–H and O–H groups in total. The summed E-state index contributed by atoms with van der Waals surface area (Å²) in [5, 5.41) is 8.39. The van der Waals surface area contributed by atoms with Crippen molar-refractivity contribution in [3.05, 3.63) is 24.3 Å². The maximum absolute atomic E-state index is 11.9. The molecule has 6 heteroatoms. The average Bonchev–Trinajstić information content (AvgIpc) is 2.81. The van der Waals surface area contributed by atoms with Crippen LogP contribution in [0.25, 0.3) is 0 Å². The number of rotatable bonds is 3. The minimum atomic E-state index is -0.629. The number of nitrogens with one attached hydrogen (secondary N) is 3. The maximum atomic E-state index is 11.9. The average molecular weight is 248 g/mol. The van der Waals surface area contributed by atoms with Crippen LogP contribution in [0.3, 0.4) is 0 Å². The summed E-state index contributed by atoms with van der Waals surface area (Å²) in [4.78, 5) is 22.6. The van der Waals surface area contributed by atoms with E-state index >= 15 is 0 Å². The van der Waals surface area contributed by atoms with E-state index in [-0.39, 0.29) is 11.9 Å². The number of anilines is 2. The number of hydrogen-bond donors (Lipinski definition) is 4. The summed E-state index contributed by atoms with van der Waals surface area (Å²) in [5.74, 6) is -0.0521.